The lowest BCUT2D eigenvalue weighted by Crippen LogP contribution is -2.19. The van der Waals surface area contributed by atoms with Gasteiger partial charge in [0.25, 0.3) is 0 Å². The van der Waals surface area contributed by atoms with Crippen LogP contribution in [0.3, 0.4) is 0 Å². The summed E-state index contributed by atoms with van der Waals surface area (Å²) < 4.78 is 11.7. The Kier molecular flexibility index (Phi) is 7.14. The number of benzene rings is 1. The second kappa shape index (κ2) is 10.1. The number of rotatable bonds is 7. The van der Waals surface area contributed by atoms with Crippen LogP contribution in [0.25, 0.3) is 0 Å². The van der Waals surface area contributed by atoms with Crippen molar-refractivity contribution in [2.45, 2.75) is 32.8 Å². The summed E-state index contributed by atoms with van der Waals surface area (Å²) in [5, 5.41) is 9.64. The topological polar surface area (TPSA) is 97.4 Å². The predicted octanol–water partition coefficient (Wildman–Crippen LogP) is 5.84. The average Bonchev–Trinajstić information content (AvgIpc) is 3.37. The van der Waals surface area contributed by atoms with E-state index in [1.807, 2.05) is 19.1 Å². The van der Waals surface area contributed by atoms with Crippen LogP contribution >= 0.6 is 23.2 Å². The Hall–Kier alpha value is -3.03. The Balaban J connectivity index is 1.64. The SMILES string of the molecule is COc1cc(N)c(C(=N)c2ccc(N3CCCC3)nc2)cc1O[C@H](C)c1c(Cl)cnc(C)c1Cl. The normalized spacial score (nSPS) is 14.2. The van der Waals surface area contributed by atoms with Crippen LogP contribution in [0.2, 0.25) is 10.0 Å². The molecule has 2 aromatic heterocycles. The lowest BCUT2D eigenvalue weighted by atomic mass is 10.0. The van der Waals surface area contributed by atoms with E-state index < -0.39 is 6.10 Å². The summed E-state index contributed by atoms with van der Waals surface area (Å²) in [4.78, 5) is 11.0. The Morgan fingerprint density at radius 2 is 1.85 bits per heavy atom. The lowest BCUT2D eigenvalue weighted by Gasteiger charge is -2.21. The van der Waals surface area contributed by atoms with Crippen molar-refractivity contribution in [2.24, 2.45) is 0 Å². The number of pyridine rings is 2. The number of hydrogen-bond acceptors (Lipinski definition) is 7. The Morgan fingerprint density at radius 1 is 1.12 bits per heavy atom. The largest absolute Gasteiger partial charge is 0.493 e. The molecule has 0 amide bonds. The fraction of sp³-hybridized carbons (Fsp3) is 0.320. The minimum atomic E-state index is -0.498. The summed E-state index contributed by atoms with van der Waals surface area (Å²) in [6, 6.07) is 7.20. The van der Waals surface area contributed by atoms with Crippen molar-refractivity contribution >= 4 is 40.4 Å². The molecule has 1 fully saturated rings. The van der Waals surface area contributed by atoms with E-state index in [2.05, 4.69) is 14.9 Å². The van der Waals surface area contributed by atoms with Crippen molar-refractivity contribution in [1.82, 2.24) is 9.97 Å². The van der Waals surface area contributed by atoms with Crippen LogP contribution in [0.4, 0.5) is 11.5 Å². The average molecular weight is 500 g/mol. The number of methoxy groups -OCH3 is 1. The lowest BCUT2D eigenvalue weighted by molar-refractivity contribution is 0.216. The van der Waals surface area contributed by atoms with Gasteiger partial charge in [-0.15, -0.1) is 0 Å². The highest BCUT2D eigenvalue weighted by molar-refractivity contribution is 6.36. The monoisotopic (exact) mass is 499 g/mol. The van der Waals surface area contributed by atoms with Gasteiger partial charge in [0.2, 0.25) is 0 Å². The highest BCUT2D eigenvalue weighted by Crippen LogP contribution is 2.39. The molecule has 1 aromatic carbocycles. The number of aromatic nitrogens is 2. The molecule has 178 valence electrons. The molecular weight excluding hydrogens is 473 g/mol. The summed E-state index contributed by atoms with van der Waals surface area (Å²) in [5.74, 6) is 1.80. The van der Waals surface area contributed by atoms with Gasteiger partial charge in [-0.3, -0.25) is 10.4 Å². The number of hydrogen-bond donors (Lipinski definition) is 2. The number of anilines is 2. The molecule has 3 heterocycles. The summed E-state index contributed by atoms with van der Waals surface area (Å²) >= 11 is 12.8. The number of nitrogen functional groups attached to an aromatic ring is 1. The molecule has 7 nitrogen and oxygen atoms in total. The molecule has 1 aliphatic rings. The van der Waals surface area contributed by atoms with Crippen molar-refractivity contribution < 1.29 is 9.47 Å². The standard InChI is InChI=1S/C25H27Cl2N5O2/c1-14-24(27)23(18(26)13-30-14)15(2)34-21-10-17(19(28)11-20(21)33-3)25(29)16-6-7-22(31-12-16)32-8-4-5-9-32/h6-7,10-13,15,29H,4-5,8-9,28H2,1-3H3/t15-/m1/s1. The molecule has 3 N–H and O–H groups in total. The van der Waals surface area contributed by atoms with Crippen molar-refractivity contribution in [3.05, 3.63) is 69.1 Å². The number of halogens is 2. The molecule has 0 radical (unpaired) electrons. The van der Waals surface area contributed by atoms with E-state index in [1.54, 1.807) is 31.5 Å². The van der Waals surface area contributed by atoms with Crippen LogP contribution in [0, 0.1) is 12.3 Å². The number of aryl methyl sites for hydroxylation is 1. The molecule has 0 bridgehead atoms. The molecule has 0 saturated carbocycles. The zero-order valence-corrected chi connectivity index (χ0v) is 20.9. The molecule has 34 heavy (non-hydrogen) atoms. The molecular formula is C25H27Cl2N5O2. The van der Waals surface area contributed by atoms with Gasteiger partial charge in [-0.05, 0) is 44.9 Å². The van der Waals surface area contributed by atoms with E-state index in [4.69, 9.17) is 43.8 Å². The van der Waals surface area contributed by atoms with Crippen molar-refractivity contribution in [2.75, 3.05) is 30.8 Å². The van der Waals surface area contributed by atoms with E-state index in [0.29, 0.717) is 49.6 Å². The maximum atomic E-state index is 8.78. The summed E-state index contributed by atoms with van der Waals surface area (Å²) in [5.41, 5.74) is 9.41. The van der Waals surface area contributed by atoms with Crippen molar-refractivity contribution in [1.29, 1.82) is 5.41 Å². The van der Waals surface area contributed by atoms with E-state index in [9.17, 15) is 0 Å². The molecule has 0 unspecified atom stereocenters. The quantitative estimate of drug-likeness (QED) is 0.313. The third-order valence-corrected chi connectivity index (χ3v) is 6.74. The van der Waals surface area contributed by atoms with Crippen molar-refractivity contribution in [3.63, 3.8) is 0 Å². The van der Waals surface area contributed by atoms with E-state index in [0.717, 1.165) is 18.9 Å². The highest BCUT2D eigenvalue weighted by atomic mass is 35.5. The van der Waals surface area contributed by atoms with Gasteiger partial charge in [-0.1, -0.05) is 23.2 Å². The van der Waals surface area contributed by atoms with Gasteiger partial charge >= 0.3 is 0 Å². The van der Waals surface area contributed by atoms with Crippen LogP contribution in [-0.4, -0.2) is 35.9 Å². The highest BCUT2D eigenvalue weighted by Gasteiger charge is 2.22. The molecule has 1 saturated heterocycles. The van der Waals surface area contributed by atoms with Crippen LogP contribution in [0.1, 0.15) is 48.3 Å². The summed E-state index contributed by atoms with van der Waals surface area (Å²) in [6.07, 6.45) is 5.12. The minimum absolute atomic E-state index is 0.244. The number of nitrogens with zero attached hydrogens (tertiary/aromatic N) is 3. The first kappa shape index (κ1) is 24.1. The molecule has 3 aromatic rings. The van der Waals surface area contributed by atoms with Gasteiger partial charge in [0.05, 0.1) is 28.6 Å². The molecule has 1 aliphatic heterocycles. The summed E-state index contributed by atoms with van der Waals surface area (Å²) in [7, 11) is 1.54. The molecule has 4 rings (SSSR count). The zero-order valence-electron chi connectivity index (χ0n) is 19.4. The van der Waals surface area contributed by atoms with Crippen LogP contribution < -0.4 is 20.1 Å². The number of nitrogens with one attached hydrogen (secondary N) is 1. The second-order valence-electron chi connectivity index (χ2n) is 8.24. The van der Waals surface area contributed by atoms with Gasteiger partial charge in [0.1, 0.15) is 11.9 Å². The zero-order chi connectivity index (χ0) is 24.4. The number of nitrogens with two attached hydrogens (primary N) is 1. The maximum Gasteiger partial charge on any atom is 0.162 e. The van der Waals surface area contributed by atoms with E-state index in [-0.39, 0.29) is 5.71 Å². The first-order valence-corrected chi connectivity index (χ1v) is 11.8. The van der Waals surface area contributed by atoms with Gasteiger partial charge in [0, 0.05) is 53.9 Å². The molecule has 1 atom stereocenters. The van der Waals surface area contributed by atoms with Crippen LogP contribution in [0.15, 0.2) is 36.7 Å². The third-order valence-electron chi connectivity index (χ3n) is 5.96. The van der Waals surface area contributed by atoms with Gasteiger partial charge < -0.3 is 20.1 Å². The van der Waals surface area contributed by atoms with Gasteiger partial charge in [-0.2, -0.15) is 0 Å². The smallest absolute Gasteiger partial charge is 0.162 e. The Labute approximate surface area is 209 Å². The fourth-order valence-electron chi connectivity index (χ4n) is 4.07. The molecule has 0 spiro atoms. The number of ether oxygens (including phenoxy) is 2. The minimum Gasteiger partial charge on any atom is -0.493 e. The Morgan fingerprint density at radius 3 is 2.50 bits per heavy atom. The summed E-state index contributed by atoms with van der Waals surface area (Å²) in [6.45, 7) is 5.67. The molecule has 9 heteroatoms. The Bertz CT molecular complexity index is 1210. The third kappa shape index (κ3) is 4.76. The van der Waals surface area contributed by atoms with Crippen LogP contribution in [-0.2, 0) is 0 Å². The van der Waals surface area contributed by atoms with E-state index >= 15 is 0 Å². The van der Waals surface area contributed by atoms with Crippen molar-refractivity contribution in [3.8, 4) is 11.5 Å². The van der Waals surface area contributed by atoms with Gasteiger partial charge in [0.15, 0.2) is 11.5 Å². The maximum absolute atomic E-state index is 8.78. The first-order chi connectivity index (χ1) is 16.3. The van der Waals surface area contributed by atoms with Gasteiger partial charge in [-0.25, -0.2) is 4.98 Å². The molecule has 0 aliphatic carbocycles. The first-order valence-electron chi connectivity index (χ1n) is 11.0. The second-order valence-corrected chi connectivity index (χ2v) is 9.03. The van der Waals surface area contributed by atoms with E-state index in [1.165, 1.54) is 20.0 Å². The fourth-order valence-corrected chi connectivity index (χ4v) is 4.72. The van der Waals surface area contributed by atoms with Crippen LogP contribution in [0.5, 0.6) is 11.5 Å². The predicted molar refractivity (Wildman–Crippen MR) is 137 cm³/mol.